The Kier molecular flexibility index (Phi) is 2.79. The number of hydrogen-bond acceptors (Lipinski definition) is 4. The minimum absolute atomic E-state index is 0.275. The van der Waals surface area contributed by atoms with E-state index in [0.717, 1.165) is 13.1 Å². The smallest absolute Gasteiger partial charge is 0.245 e. The van der Waals surface area contributed by atoms with Gasteiger partial charge in [-0.15, -0.1) is 5.10 Å². The first-order valence-electron chi connectivity index (χ1n) is 3.94. The van der Waals surface area contributed by atoms with Gasteiger partial charge in [0.1, 0.15) is 0 Å². The van der Waals surface area contributed by atoms with E-state index < -0.39 is 0 Å². The van der Waals surface area contributed by atoms with Gasteiger partial charge in [0.25, 0.3) is 0 Å². The van der Waals surface area contributed by atoms with Crippen molar-refractivity contribution in [3.63, 3.8) is 0 Å². The molecular formula is C7H12N4O. The summed E-state index contributed by atoms with van der Waals surface area (Å²) in [4.78, 5) is 16.2. The van der Waals surface area contributed by atoms with Gasteiger partial charge in [0.2, 0.25) is 5.95 Å². The number of hydrogen-bond donors (Lipinski definition) is 1. The quantitative estimate of drug-likeness (QED) is 0.663. The van der Waals surface area contributed by atoms with E-state index in [-0.39, 0.29) is 5.82 Å². The molecule has 0 aliphatic carbocycles. The lowest BCUT2D eigenvalue weighted by Crippen LogP contribution is -2.23. The number of rotatable bonds is 4. The number of aromatic nitrogens is 3. The van der Waals surface area contributed by atoms with Crippen LogP contribution < -0.4 is 4.90 Å². The van der Waals surface area contributed by atoms with Crippen LogP contribution in [0.2, 0.25) is 0 Å². The second kappa shape index (κ2) is 3.85. The van der Waals surface area contributed by atoms with Crippen LogP contribution in [0.15, 0.2) is 0 Å². The monoisotopic (exact) mass is 168 g/mol. The molecule has 1 heterocycles. The average molecular weight is 168 g/mol. The molecule has 1 aromatic rings. The van der Waals surface area contributed by atoms with Crippen LogP contribution in [-0.2, 0) is 0 Å². The Morgan fingerprint density at radius 3 is 2.58 bits per heavy atom. The molecule has 12 heavy (non-hydrogen) atoms. The largest absolute Gasteiger partial charge is 0.340 e. The Balaban J connectivity index is 2.79. The van der Waals surface area contributed by atoms with Gasteiger partial charge in [-0.2, -0.15) is 4.98 Å². The highest BCUT2D eigenvalue weighted by Crippen LogP contribution is 2.04. The maximum atomic E-state index is 10.3. The lowest BCUT2D eigenvalue weighted by Gasteiger charge is -2.14. The Morgan fingerprint density at radius 2 is 2.17 bits per heavy atom. The predicted octanol–water partition coefficient (Wildman–Crippen LogP) is 0.463. The standard InChI is InChI=1S/C7H12N4O/c1-3-11(4-2)7-8-6(5-12)9-10-7/h5H,3-4H2,1-2H3,(H,8,9,10). The average Bonchev–Trinajstić information content (AvgIpc) is 2.55. The molecule has 1 aromatic heterocycles. The zero-order chi connectivity index (χ0) is 8.97. The third-order valence-electron chi connectivity index (χ3n) is 1.65. The lowest BCUT2D eigenvalue weighted by molar-refractivity contribution is 0.111. The molecule has 5 nitrogen and oxygen atoms in total. The van der Waals surface area contributed by atoms with E-state index in [1.807, 2.05) is 18.7 Å². The third kappa shape index (κ3) is 1.61. The number of nitrogens with one attached hydrogen (secondary N) is 1. The summed E-state index contributed by atoms with van der Waals surface area (Å²) < 4.78 is 0. The van der Waals surface area contributed by atoms with Crippen molar-refractivity contribution in [1.82, 2.24) is 15.2 Å². The molecule has 0 radical (unpaired) electrons. The summed E-state index contributed by atoms with van der Waals surface area (Å²) in [5.41, 5.74) is 0. The second-order valence-electron chi connectivity index (χ2n) is 2.31. The van der Waals surface area contributed by atoms with E-state index in [1.54, 1.807) is 0 Å². The Bertz CT molecular complexity index is 254. The molecule has 0 fully saturated rings. The summed E-state index contributed by atoms with van der Waals surface area (Å²) in [6.45, 7) is 5.71. The van der Waals surface area contributed by atoms with Crippen molar-refractivity contribution in [2.45, 2.75) is 13.8 Å². The summed E-state index contributed by atoms with van der Waals surface area (Å²) in [6, 6.07) is 0. The normalized spacial score (nSPS) is 9.83. The van der Waals surface area contributed by atoms with Crippen molar-refractivity contribution in [2.75, 3.05) is 18.0 Å². The summed E-state index contributed by atoms with van der Waals surface area (Å²) in [5, 5.41) is 6.42. The molecule has 66 valence electrons. The molecule has 0 aliphatic heterocycles. The molecule has 1 N–H and O–H groups in total. The fourth-order valence-corrected chi connectivity index (χ4v) is 0.966. The zero-order valence-corrected chi connectivity index (χ0v) is 7.24. The van der Waals surface area contributed by atoms with Crippen LogP contribution in [0.25, 0.3) is 0 Å². The van der Waals surface area contributed by atoms with Gasteiger partial charge in [-0.1, -0.05) is 0 Å². The van der Waals surface area contributed by atoms with E-state index in [9.17, 15) is 4.79 Å². The fraction of sp³-hybridized carbons (Fsp3) is 0.571. The van der Waals surface area contributed by atoms with Gasteiger partial charge in [-0.25, -0.2) is 0 Å². The van der Waals surface area contributed by atoms with Gasteiger partial charge in [0.15, 0.2) is 12.1 Å². The fourth-order valence-electron chi connectivity index (χ4n) is 0.966. The van der Waals surface area contributed by atoms with Gasteiger partial charge < -0.3 is 4.90 Å². The minimum Gasteiger partial charge on any atom is -0.340 e. The van der Waals surface area contributed by atoms with Crippen LogP contribution in [0.3, 0.4) is 0 Å². The van der Waals surface area contributed by atoms with Crippen molar-refractivity contribution in [3.05, 3.63) is 5.82 Å². The van der Waals surface area contributed by atoms with Crippen LogP contribution >= 0.6 is 0 Å². The molecule has 0 unspecified atom stereocenters. The highest BCUT2D eigenvalue weighted by molar-refractivity contribution is 5.69. The molecule has 0 spiro atoms. The first-order valence-corrected chi connectivity index (χ1v) is 3.94. The molecule has 5 heteroatoms. The molecule has 0 amide bonds. The summed E-state index contributed by atoms with van der Waals surface area (Å²) in [5.74, 6) is 0.860. The number of anilines is 1. The molecule has 0 aliphatic rings. The number of nitrogens with zero attached hydrogens (tertiary/aromatic N) is 3. The molecular weight excluding hydrogens is 156 g/mol. The summed E-state index contributed by atoms with van der Waals surface area (Å²) in [6.07, 6.45) is 0.653. The number of aromatic amines is 1. The molecule has 0 aromatic carbocycles. The van der Waals surface area contributed by atoms with Crippen LogP contribution in [0, 0.1) is 0 Å². The molecule has 0 saturated heterocycles. The highest BCUT2D eigenvalue weighted by Gasteiger charge is 2.07. The number of aldehydes is 1. The SMILES string of the molecule is CCN(CC)c1n[nH]c(C=O)n1. The summed E-state index contributed by atoms with van der Waals surface area (Å²) >= 11 is 0. The zero-order valence-electron chi connectivity index (χ0n) is 7.24. The Morgan fingerprint density at radius 1 is 1.50 bits per heavy atom. The minimum atomic E-state index is 0.275. The van der Waals surface area contributed by atoms with Crippen molar-refractivity contribution in [1.29, 1.82) is 0 Å². The number of carbonyl (C=O) groups excluding carboxylic acids is 1. The first kappa shape index (κ1) is 8.70. The van der Waals surface area contributed by atoms with Crippen LogP contribution in [0.1, 0.15) is 24.5 Å². The van der Waals surface area contributed by atoms with E-state index in [2.05, 4.69) is 15.2 Å². The molecule has 1 rings (SSSR count). The van der Waals surface area contributed by atoms with Crippen LogP contribution in [0.5, 0.6) is 0 Å². The molecule has 0 atom stereocenters. The van der Waals surface area contributed by atoms with Crippen molar-refractivity contribution >= 4 is 12.2 Å². The Labute approximate surface area is 70.8 Å². The van der Waals surface area contributed by atoms with Crippen molar-refractivity contribution in [3.8, 4) is 0 Å². The van der Waals surface area contributed by atoms with Gasteiger partial charge in [0.05, 0.1) is 0 Å². The molecule has 0 bridgehead atoms. The van der Waals surface area contributed by atoms with Crippen LogP contribution in [-0.4, -0.2) is 34.6 Å². The van der Waals surface area contributed by atoms with E-state index >= 15 is 0 Å². The highest BCUT2D eigenvalue weighted by atomic mass is 16.1. The van der Waals surface area contributed by atoms with Gasteiger partial charge in [-0.3, -0.25) is 9.89 Å². The third-order valence-corrected chi connectivity index (χ3v) is 1.65. The number of carbonyl (C=O) groups is 1. The van der Waals surface area contributed by atoms with Gasteiger partial charge in [-0.05, 0) is 13.8 Å². The maximum absolute atomic E-state index is 10.3. The summed E-state index contributed by atoms with van der Waals surface area (Å²) in [7, 11) is 0. The maximum Gasteiger partial charge on any atom is 0.245 e. The van der Waals surface area contributed by atoms with Crippen LogP contribution in [0.4, 0.5) is 5.95 Å². The van der Waals surface area contributed by atoms with Gasteiger partial charge >= 0.3 is 0 Å². The lowest BCUT2D eigenvalue weighted by atomic mass is 10.5. The van der Waals surface area contributed by atoms with E-state index in [1.165, 1.54) is 0 Å². The second-order valence-corrected chi connectivity index (χ2v) is 2.31. The number of H-pyrrole nitrogens is 1. The van der Waals surface area contributed by atoms with Gasteiger partial charge in [0, 0.05) is 13.1 Å². The molecule has 0 saturated carbocycles. The topological polar surface area (TPSA) is 61.9 Å². The predicted molar refractivity (Wildman–Crippen MR) is 45.3 cm³/mol. The van der Waals surface area contributed by atoms with E-state index in [0.29, 0.717) is 12.2 Å². The van der Waals surface area contributed by atoms with E-state index in [4.69, 9.17) is 0 Å². The van der Waals surface area contributed by atoms with Crippen molar-refractivity contribution in [2.24, 2.45) is 0 Å². The first-order chi connectivity index (χ1) is 5.81. The van der Waals surface area contributed by atoms with Crippen molar-refractivity contribution < 1.29 is 4.79 Å². The Hall–Kier alpha value is -1.39.